The van der Waals surface area contributed by atoms with Gasteiger partial charge in [-0.05, 0) is 44.4 Å². The normalized spacial score (nSPS) is 13.6. The first-order chi connectivity index (χ1) is 10.6. The molecule has 0 atom stereocenters. The fourth-order valence-electron chi connectivity index (χ4n) is 2.99. The number of benzene rings is 1. The Morgan fingerprint density at radius 2 is 1.95 bits per heavy atom. The first-order valence-corrected chi connectivity index (χ1v) is 8.04. The first kappa shape index (κ1) is 16.3. The fraction of sp³-hybridized carbons (Fsp3) is 0.529. The van der Waals surface area contributed by atoms with Gasteiger partial charge in [0.2, 0.25) is 11.8 Å². The second-order valence-electron chi connectivity index (χ2n) is 5.56. The van der Waals surface area contributed by atoms with E-state index in [2.05, 4.69) is 0 Å². The number of nitrogens with two attached hydrogens (primary N) is 1. The molecule has 5 heteroatoms. The van der Waals surface area contributed by atoms with Crippen LogP contribution in [0.25, 0.3) is 0 Å². The van der Waals surface area contributed by atoms with Crippen molar-refractivity contribution in [3.8, 4) is 0 Å². The van der Waals surface area contributed by atoms with E-state index in [0.717, 1.165) is 29.8 Å². The van der Waals surface area contributed by atoms with E-state index in [4.69, 9.17) is 5.73 Å². The molecule has 2 rings (SSSR count). The predicted octanol–water partition coefficient (Wildman–Crippen LogP) is 2.20. The van der Waals surface area contributed by atoms with Crippen LogP contribution in [0.3, 0.4) is 0 Å². The van der Waals surface area contributed by atoms with Crippen molar-refractivity contribution in [1.29, 1.82) is 0 Å². The topological polar surface area (TPSA) is 66.6 Å². The van der Waals surface area contributed by atoms with Gasteiger partial charge in [-0.1, -0.05) is 6.07 Å². The molecular weight excluding hydrogens is 278 g/mol. The minimum atomic E-state index is 0.00653. The minimum Gasteiger partial charge on any atom is -0.398 e. The summed E-state index contributed by atoms with van der Waals surface area (Å²) < 4.78 is 0. The molecule has 0 fully saturated rings. The van der Waals surface area contributed by atoms with Gasteiger partial charge in [-0.15, -0.1) is 0 Å². The van der Waals surface area contributed by atoms with E-state index in [1.165, 1.54) is 0 Å². The van der Waals surface area contributed by atoms with E-state index in [1.54, 1.807) is 9.80 Å². The van der Waals surface area contributed by atoms with Crippen LogP contribution in [0.1, 0.15) is 38.7 Å². The zero-order valence-corrected chi connectivity index (χ0v) is 13.5. The standard InChI is InChI=1S/C17H25N3O2/c1-3-19(4-2)16(21)10-11-17(22)20-12-6-7-13-14(18)8-5-9-15(13)20/h5,8-9H,3-4,6-7,10-12,18H2,1-2H3. The van der Waals surface area contributed by atoms with Crippen molar-refractivity contribution in [2.24, 2.45) is 0 Å². The number of hydrogen-bond donors (Lipinski definition) is 1. The Balaban J connectivity index is 2.03. The number of nitrogen functional groups attached to an aromatic ring is 1. The summed E-state index contributed by atoms with van der Waals surface area (Å²) >= 11 is 0. The molecule has 0 spiro atoms. The molecule has 1 aliphatic heterocycles. The molecular formula is C17H25N3O2. The summed E-state index contributed by atoms with van der Waals surface area (Å²) in [4.78, 5) is 28.1. The summed E-state index contributed by atoms with van der Waals surface area (Å²) in [6.07, 6.45) is 2.35. The highest BCUT2D eigenvalue weighted by molar-refractivity contribution is 5.97. The molecule has 0 radical (unpaired) electrons. The van der Waals surface area contributed by atoms with Gasteiger partial charge in [0, 0.05) is 43.9 Å². The van der Waals surface area contributed by atoms with E-state index in [1.807, 2.05) is 32.0 Å². The predicted molar refractivity (Wildman–Crippen MR) is 88.7 cm³/mol. The summed E-state index contributed by atoms with van der Waals surface area (Å²) in [5.41, 5.74) is 8.71. The van der Waals surface area contributed by atoms with Crippen LogP contribution in [0.4, 0.5) is 11.4 Å². The lowest BCUT2D eigenvalue weighted by atomic mass is 9.99. The van der Waals surface area contributed by atoms with Crippen LogP contribution in [0.2, 0.25) is 0 Å². The van der Waals surface area contributed by atoms with Crippen molar-refractivity contribution in [2.45, 2.75) is 39.5 Å². The van der Waals surface area contributed by atoms with Crippen molar-refractivity contribution >= 4 is 23.2 Å². The van der Waals surface area contributed by atoms with Crippen molar-refractivity contribution in [1.82, 2.24) is 4.90 Å². The molecule has 2 N–H and O–H groups in total. The van der Waals surface area contributed by atoms with Gasteiger partial charge in [0.1, 0.15) is 0 Å². The number of nitrogens with zero attached hydrogens (tertiary/aromatic N) is 2. The molecule has 22 heavy (non-hydrogen) atoms. The number of amides is 2. The van der Waals surface area contributed by atoms with Crippen molar-refractivity contribution in [2.75, 3.05) is 30.3 Å². The number of carbonyl (C=O) groups excluding carboxylic acids is 2. The van der Waals surface area contributed by atoms with Gasteiger partial charge in [-0.3, -0.25) is 9.59 Å². The van der Waals surface area contributed by atoms with Crippen molar-refractivity contribution in [3.63, 3.8) is 0 Å². The van der Waals surface area contributed by atoms with Gasteiger partial charge in [0.25, 0.3) is 0 Å². The molecule has 0 saturated heterocycles. The van der Waals surface area contributed by atoms with Gasteiger partial charge in [-0.2, -0.15) is 0 Å². The maximum absolute atomic E-state index is 12.5. The third-order valence-corrected chi connectivity index (χ3v) is 4.26. The van der Waals surface area contributed by atoms with Crippen LogP contribution < -0.4 is 10.6 Å². The van der Waals surface area contributed by atoms with Gasteiger partial charge < -0.3 is 15.5 Å². The van der Waals surface area contributed by atoms with E-state index >= 15 is 0 Å². The number of rotatable bonds is 5. The summed E-state index contributed by atoms with van der Waals surface area (Å²) in [7, 11) is 0. The first-order valence-electron chi connectivity index (χ1n) is 8.04. The number of anilines is 2. The summed E-state index contributed by atoms with van der Waals surface area (Å²) in [5.74, 6) is 0.0511. The Morgan fingerprint density at radius 1 is 1.23 bits per heavy atom. The highest BCUT2D eigenvalue weighted by atomic mass is 16.2. The van der Waals surface area contributed by atoms with Gasteiger partial charge in [0.15, 0.2) is 0 Å². The van der Waals surface area contributed by atoms with Crippen LogP contribution in [0.15, 0.2) is 18.2 Å². The smallest absolute Gasteiger partial charge is 0.227 e. The summed E-state index contributed by atoms with van der Waals surface area (Å²) in [6, 6.07) is 5.69. The maximum Gasteiger partial charge on any atom is 0.227 e. The molecule has 0 unspecified atom stereocenters. The molecule has 1 aliphatic rings. The van der Waals surface area contributed by atoms with Crippen LogP contribution in [0, 0.1) is 0 Å². The quantitative estimate of drug-likeness (QED) is 0.848. The Labute approximate surface area is 132 Å². The summed E-state index contributed by atoms with van der Waals surface area (Å²) in [6.45, 7) is 5.98. The molecule has 0 saturated carbocycles. The van der Waals surface area contributed by atoms with Gasteiger partial charge in [-0.25, -0.2) is 0 Å². The summed E-state index contributed by atoms with van der Waals surface area (Å²) in [5, 5.41) is 0. The molecule has 1 aromatic carbocycles. The highest BCUT2D eigenvalue weighted by Gasteiger charge is 2.24. The molecule has 120 valence electrons. The molecule has 0 aromatic heterocycles. The molecule has 0 bridgehead atoms. The van der Waals surface area contributed by atoms with E-state index < -0.39 is 0 Å². The van der Waals surface area contributed by atoms with E-state index in [-0.39, 0.29) is 24.7 Å². The fourth-order valence-corrected chi connectivity index (χ4v) is 2.99. The number of carbonyl (C=O) groups is 2. The number of hydrogen-bond acceptors (Lipinski definition) is 3. The van der Waals surface area contributed by atoms with Crippen LogP contribution in [-0.2, 0) is 16.0 Å². The second-order valence-corrected chi connectivity index (χ2v) is 5.56. The minimum absolute atomic E-state index is 0.00653. The zero-order chi connectivity index (χ0) is 16.1. The average Bonchev–Trinajstić information content (AvgIpc) is 2.53. The Hall–Kier alpha value is -2.04. The Morgan fingerprint density at radius 3 is 2.64 bits per heavy atom. The van der Waals surface area contributed by atoms with Crippen molar-refractivity contribution in [3.05, 3.63) is 23.8 Å². The van der Waals surface area contributed by atoms with Crippen LogP contribution >= 0.6 is 0 Å². The van der Waals surface area contributed by atoms with Crippen LogP contribution in [0.5, 0.6) is 0 Å². The molecule has 1 aromatic rings. The molecule has 0 aliphatic carbocycles. The lowest BCUT2D eigenvalue weighted by Crippen LogP contribution is -2.37. The van der Waals surface area contributed by atoms with Gasteiger partial charge >= 0.3 is 0 Å². The van der Waals surface area contributed by atoms with Crippen molar-refractivity contribution < 1.29 is 9.59 Å². The van der Waals surface area contributed by atoms with Gasteiger partial charge in [0.05, 0.1) is 0 Å². The Kier molecular flexibility index (Phi) is 5.41. The van der Waals surface area contributed by atoms with Crippen LogP contribution in [-0.4, -0.2) is 36.3 Å². The second kappa shape index (κ2) is 7.29. The maximum atomic E-state index is 12.5. The average molecular weight is 303 g/mol. The SMILES string of the molecule is CCN(CC)C(=O)CCC(=O)N1CCCc2c(N)cccc21. The van der Waals surface area contributed by atoms with E-state index in [0.29, 0.717) is 19.6 Å². The lowest BCUT2D eigenvalue weighted by molar-refractivity contribution is -0.132. The van der Waals surface area contributed by atoms with E-state index in [9.17, 15) is 9.59 Å². The third kappa shape index (κ3) is 3.40. The number of fused-ring (bicyclic) bond motifs is 1. The molecule has 2 amide bonds. The molecule has 1 heterocycles. The zero-order valence-electron chi connectivity index (χ0n) is 13.5. The third-order valence-electron chi connectivity index (χ3n) is 4.26. The monoisotopic (exact) mass is 303 g/mol. The Bertz CT molecular complexity index is 553. The highest BCUT2D eigenvalue weighted by Crippen LogP contribution is 2.31. The largest absolute Gasteiger partial charge is 0.398 e. The lowest BCUT2D eigenvalue weighted by Gasteiger charge is -2.30. The molecule has 5 nitrogen and oxygen atoms in total.